The van der Waals surface area contributed by atoms with Crippen LogP contribution in [0.3, 0.4) is 0 Å². The van der Waals surface area contributed by atoms with Crippen LogP contribution in [-0.2, 0) is 19.3 Å². The molecule has 5 aliphatic rings. The van der Waals surface area contributed by atoms with E-state index in [-0.39, 0.29) is 0 Å². The molecule has 5 aliphatic carbocycles. The van der Waals surface area contributed by atoms with Crippen molar-refractivity contribution >= 4 is 22.3 Å². The number of rotatable bonds is 18. The van der Waals surface area contributed by atoms with Crippen LogP contribution < -0.4 is 0 Å². The third-order valence-corrected chi connectivity index (χ3v) is 19.1. The van der Waals surface area contributed by atoms with Crippen molar-refractivity contribution in [2.24, 2.45) is 23.7 Å². The molecule has 0 atom stereocenters. The summed E-state index contributed by atoms with van der Waals surface area (Å²) in [7, 11) is 0. The monoisotopic (exact) mass is 1300 g/mol. The Balaban J connectivity index is 0. The smallest absolute Gasteiger partial charge is 0.00670 e. The van der Waals surface area contributed by atoms with Crippen molar-refractivity contribution in [1.29, 1.82) is 0 Å². The Kier molecular flexibility index (Phi) is 56.3. The number of hydrogen-bond donors (Lipinski definition) is 0. The Morgan fingerprint density at radius 3 is 1.28 bits per heavy atom. The zero-order valence-corrected chi connectivity index (χ0v) is 67.1. The van der Waals surface area contributed by atoms with E-state index in [4.69, 9.17) is 0 Å². The third-order valence-electron chi connectivity index (χ3n) is 19.1. The first-order valence-electron chi connectivity index (χ1n) is 39.8. The third kappa shape index (κ3) is 38.7. The molecule has 0 unspecified atom stereocenters. The van der Waals surface area contributed by atoms with E-state index in [0.717, 1.165) is 47.2 Å². The second kappa shape index (κ2) is 58.1. The van der Waals surface area contributed by atoms with Crippen LogP contribution in [0, 0.1) is 30.6 Å². The van der Waals surface area contributed by atoms with Crippen LogP contribution in [0.15, 0.2) is 147 Å². The first kappa shape index (κ1) is 92.1. The van der Waals surface area contributed by atoms with E-state index in [1.165, 1.54) is 253 Å². The fourth-order valence-corrected chi connectivity index (χ4v) is 14.0. The lowest BCUT2D eigenvalue weighted by Gasteiger charge is -2.30. The van der Waals surface area contributed by atoms with Gasteiger partial charge in [-0.3, -0.25) is 0 Å². The van der Waals surface area contributed by atoms with Crippen molar-refractivity contribution in [2.45, 2.75) is 350 Å². The Morgan fingerprint density at radius 2 is 0.863 bits per heavy atom. The summed E-state index contributed by atoms with van der Waals surface area (Å²) < 4.78 is 0. The van der Waals surface area contributed by atoms with Crippen molar-refractivity contribution in [2.75, 3.05) is 0 Å². The van der Waals surface area contributed by atoms with Gasteiger partial charge < -0.3 is 0 Å². The number of allylic oxidation sites excluding steroid dienone is 8. The van der Waals surface area contributed by atoms with Gasteiger partial charge in [-0.25, -0.2) is 0 Å². The molecule has 536 valence electrons. The molecule has 4 saturated carbocycles. The normalized spacial score (nSPS) is 17.5. The van der Waals surface area contributed by atoms with Gasteiger partial charge in [0, 0.05) is 0 Å². The van der Waals surface area contributed by atoms with Gasteiger partial charge >= 0.3 is 0 Å². The molecule has 0 N–H and O–H groups in total. The minimum atomic E-state index is 0.693. The number of benzene rings is 4. The number of hydrogen-bond acceptors (Lipinski definition) is 0. The van der Waals surface area contributed by atoms with E-state index in [9.17, 15) is 0 Å². The molecule has 0 heteroatoms. The average Bonchev–Trinajstić information content (AvgIpc) is 0.883. The Morgan fingerprint density at radius 1 is 0.442 bits per heavy atom. The lowest BCUT2D eigenvalue weighted by Crippen LogP contribution is -2.17. The van der Waals surface area contributed by atoms with Gasteiger partial charge in [0.1, 0.15) is 0 Å². The minimum absolute atomic E-state index is 0.693. The van der Waals surface area contributed by atoms with Gasteiger partial charge in [-0.2, -0.15) is 0 Å². The Bertz CT molecular complexity index is 2610. The highest BCUT2D eigenvalue weighted by Gasteiger charge is 2.25. The van der Waals surface area contributed by atoms with Gasteiger partial charge in [-0.15, -0.1) is 13.2 Å². The number of fused-ring (bicyclic) bond motifs is 1. The molecule has 0 aliphatic heterocycles. The molecule has 4 aromatic rings. The van der Waals surface area contributed by atoms with E-state index in [2.05, 4.69) is 179 Å². The lowest BCUT2D eigenvalue weighted by atomic mass is 9.75. The summed E-state index contributed by atoms with van der Waals surface area (Å²) in [6.45, 7) is 67.3. The Labute approximate surface area is 595 Å². The topological polar surface area (TPSA) is 0 Å². The standard InChI is InChI=1S/C23H34.C22H32.C20H30.C12H14.2C4H8.5C2H6/c1-5-6-7-8-20-9-15-23(16-10-20)19(4)17-21-11-13-22(14-12-21)18(2)3;1-5-6-7-8-19-9-11-21(12-10-19)18(4)22-15-13-20(14-16-22)17(2)3;1-2-16-15-19(17-9-5-3-6-10-17)13-14-20(16)18-11-7-4-8-12-18;1-9-5-3-7-11-8-4-6-10(2)12(9)11;2*1-4(2)3;5*1-2/h11-14,20,23H,2,4-10,15-17H2,1,3H3;13-16,19,21H,2,4-12H2,1,3H3;13-15,17-18H,2-12H2,1H3;3,5-7H,4,8H2,1-2H3;2*1H2,2-3H3;5*1-2H3. The van der Waals surface area contributed by atoms with Crippen LogP contribution in [0.5, 0.6) is 0 Å². The van der Waals surface area contributed by atoms with Crippen molar-refractivity contribution in [3.63, 3.8) is 0 Å². The molecular weight excluding hydrogens is 1140 g/mol. The molecule has 0 amide bonds. The van der Waals surface area contributed by atoms with Crippen molar-refractivity contribution in [3.05, 3.63) is 203 Å². The maximum Gasteiger partial charge on any atom is -0.00670 e. The quantitative estimate of drug-likeness (QED) is 0.0688. The zero-order valence-electron chi connectivity index (χ0n) is 67.1. The summed E-state index contributed by atoms with van der Waals surface area (Å²) in [5.74, 6) is 5.12. The first-order valence-corrected chi connectivity index (χ1v) is 39.8. The summed E-state index contributed by atoms with van der Waals surface area (Å²) in [5, 5.41) is 0. The molecule has 0 heterocycles. The maximum absolute atomic E-state index is 4.41. The van der Waals surface area contributed by atoms with Gasteiger partial charge in [0.2, 0.25) is 0 Å². The van der Waals surface area contributed by atoms with Gasteiger partial charge in [0.05, 0.1) is 0 Å². The van der Waals surface area contributed by atoms with Crippen LogP contribution in [0.2, 0.25) is 0 Å². The average molecular weight is 1300 g/mol. The van der Waals surface area contributed by atoms with E-state index in [0.29, 0.717) is 5.92 Å². The second-order valence-electron chi connectivity index (χ2n) is 27.6. The largest absolute Gasteiger partial charge is 0.100 e. The second-order valence-corrected chi connectivity index (χ2v) is 27.6. The lowest BCUT2D eigenvalue weighted by molar-refractivity contribution is 0.280. The van der Waals surface area contributed by atoms with Crippen molar-refractivity contribution in [1.82, 2.24) is 0 Å². The first-order chi connectivity index (χ1) is 45.8. The maximum atomic E-state index is 4.41. The molecule has 4 aromatic carbocycles. The van der Waals surface area contributed by atoms with Gasteiger partial charge in [0.25, 0.3) is 0 Å². The van der Waals surface area contributed by atoms with Crippen molar-refractivity contribution in [3.8, 4) is 0 Å². The molecule has 0 saturated heterocycles. The highest BCUT2D eigenvalue weighted by atomic mass is 14.3. The molecule has 4 fully saturated rings. The highest BCUT2D eigenvalue weighted by Crippen LogP contribution is 2.41. The molecule has 0 nitrogen and oxygen atoms in total. The van der Waals surface area contributed by atoms with E-state index in [1.54, 1.807) is 16.7 Å². The van der Waals surface area contributed by atoms with Gasteiger partial charge in [0.15, 0.2) is 0 Å². The van der Waals surface area contributed by atoms with Crippen LogP contribution in [0.4, 0.5) is 0 Å². The molecule has 0 radical (unpaired) electrons. The summed E-state index contributed by atoms with van der Waals surface area (Å²) in [6, 6.07) is 31.8. The molecule has 0 aromatic heterocycles. The molecule has 9 rings (SSSR count). The zero-order chi connectivity index (χ0) is 72.1. The van der Waals surface area contributed by atoms with Crippen LogP contribution in [0.25, 0.3) is 22.3 Å². The van der Waals surface area contributed by atoms with E-state index in [1.807, 2.05) is 96.9 Å². The fraction of sp³-hybridized carbons (Fsp3) is 0.600. The molecule has 0 bridgehead atoms. The van der Waals surface area contributed by atoms with Gasteiger partial charge in [-0.1, -0.05) is 325 Å². The number of unbranched alkanes of at least 4 members (excludes halogenated alkanes) is 4. The fourth-order valence-electron chi connectivity index (χ4n) is 14.0. The van der Waals surface area contributed by atoms with Crippen LogP contribution in [0.1, 0.15) is 379 Å². The molecule has 95 heavy (non-hydrogen) atoms. The highest BCUT2D eigenvalue weighted by molar-refractivity contribution is 5.71. The summed E-state index contributed by atoms with van der Waals surface area (Å²) in [6.07, 6.45) is 43.7. The van der Waals surface area contributed by atoms with Crippen LogP contribution >= 0.6 is 0 Å². The van der Waals surface area contributed by atoms with Crippen LogP contribution in [-0.4, -0.2) is 0 Å². The van der Waals surface area contributed by atoms with E-state index >= 15 is 0 Å². The number of aryl methyl sites for hydroxylation is 3. The molecular formula is C95H156. The summed E-state index contributed by atoms with van der Waals surface area (Å²) in [4.78, 5) is 0. The summed E-state index contributed by atoms with van der Waals surface area (Å²) >= 11 is 0. The summed E-state index contributed by atoms with van der Waals surface area (Å²) in [5.41, 5.74) is 23.4. The minimum Gasteiger partial charge on any atom is -0.100 e. The van der Waals surface area contributed by atoms with Crippen molar-refractivity contribution < 1.29 is 0 Å². The SMILES string of the molecule is C=C(C)C.C=C(C)C.C=C(C)c1ccc(C(=C)C2CCC(CCCCC)CC2)cc1.C=C(C)c1ccc(CC(=C)C2CCC(CCCCC)CC2)cc1.CC.CC.CC.CC.CC.CC1=CCCc2cccc(C)c21.CCc1cc(C2CCCCC2)ccc1C1CCCCC1. The van der Waals surface area contributed by atoms with E-state index < -0.39 is 0 Å². The predicted octanol–water partition coefficient (Wildman–Crippen LogP) is 32.3. The Hall–Kier alpha value is -4.94. The predicted molar refractivity (Wildman–Crippen MR) is 442 cm³/mol. The molecule has 0 spiro atoms. The van der Waals surface area contributed by atoms with Gasteiger partial charge in [-0.05, 0) is 260 Å².